The van der Waals surface area contributed by atoms with Gasteiger partial charge in [0.15, 0.2) is 0 Å². The van der Waals surface area contributed by atoms with Gasteiger partial charge in [0.2, 0.25) is 0 Å². The van der Waals surface area contributed by atoms with E-state index >= 15 is 0 Å². The molecule has 3 heterocycles. The molecule has 21 heavy (non-hydrogen) atoms. The zero-order valence-electron chi connectivity index (χ0n) is 13.0. The van der Waals surface area contributed by atoms with Crippen LogP contribution >= 0.6 is 0 Å². The summed E-state index contributed by atoms with van der Waals surface area (Å²) in [7, 11) is 0. The number of hydrogen-bond acceptors (Lipinski definition) is 5. The fourth-order valence-corrected chi connectivity index (χ4v) is 3.61. The third-order valence-corrected chi connectivity index (χ3v) is 4.79. The molecule has 0 bridgehead atoms. The monoisotopic (exact) mass is 292 g/mol. The van der Waals surface area contributed by atoms with Gasteiger partial charge in [-0.05, 0) is 38.8 Å². The molecule has 3 rings (SSSR count). The smallest absolute Gasteiger partial charge is 0.0967 e. The van der Waals surface area contributed by atoms with Crippen LogP contribution in [-0.4, -0.2) is 63.6 Å². The van der Waals surface area contributed by atoms with Gasteiger partial charge in [-0.3, -0.25) is 9.58 Å². The molecule has 0 radical (unpaired) electrons. The molecule has 0 amide bonds. The molecule has 2 N–H and O–H groups in total. The number of piperidine rings is 2. The molecular formula is C15H28N6. The van der Waals surface area contributed by atoms with Crippen LogP contribution in [0.5, 0.6) is 0 Å². The van der Waals surface area contributed by atoms with Crippen LogP contribution in [0.1, 0.15) is 37.8 Å². The Bertz CT molecular complexity index is 418. The van der Waals surface area contributed by atoms with Crippen LogP contribution in [0.25, 0.3) is 0 Å². The van der Waals surface area contributed by atoms with E-state index in [2.05, 4.69) is 20.1 Å². The molecule has 6 heteroatoms. The molecule has 2 fully saturated rings. The van der Waals surface area contributed by atoms with Crippen molar-refractivity contribution in [2.75, 3.05) is 32.7 Å². The predicted octanol–water partition coefficient (Wildman–Crippen LogP) is 0.687. The van der Waals surface area contributed by atoms with E-state index in [1.54, 1.807) is 0 Å². The van der Waals surface area contributed by atoms with Gasteiger partial charge >= 0.3 is 0 Å². The molecule has 0 aliphatic carbocycles. The Labute approximate surface area is 127 Å². The summed E-state index contributed by atoms with van der Waals surface area (Å²) in [6.45, 7) is 7.30. The molecule has 0 atom stereocenters. The average molecular weight is 292 g/mol. The lowest BCUT2D eigenvalue weighted by Gasteiger charge is -2.40. The van der Waals surface area contributed by atoms with Crippen LogP contribution in [-0.2, 0) is 13.1 Å². The van der Waals surface area contributed by atoms with Crippen molar-refractivity contribution in [1.82, 2.24) is 24.8 Å². The summed E-state index contributed by atoms with van der Waals surface area (Å²) < 4.78 is 1.84. The van der Waals surface area contributed by atoms with Crippen molar-refractivity contribution in [3.8, 4) is 0 Å². The normalized spacial score (nSPS) is 22.7. The third-order valence-electron chi connectivity index (χ3n) is 4.79. The summed E-state index contributed by atoms with van der Waals surface area (Å²) in [6, 6.07) is 0.814. The van der Waals surface area contributed by atoms with Gasteiger partial charge in [0, 0.05) is 38.4 Å². The van der Waals surface area contributed by atoms with Crippen LogP contribution in [0.2, 0.25) is 0 Å². The van der Waals surface area contributed by atoms with Gasteiger partial charge in [-0.25, -0.2) is 0 Å². The molecule has 1 aromatic rings. The second-order valence-corrected chi connectivity index (χ2v) is 6.37. The fraction of sp³-hybridized carbons (Fsp3) is 0.867. The van der Waals surface area contributed by atoms with Crippen molar-refractivity contribution < 1.29 is 0 Å². The van der Waals surface area contributed by atoms with Crippen molar-refractivity contribution in [2.24, 2.45) is 5.73 Å². The van der Waals surface area contributed by atoms with Gasteiger partial charge in [-0.2, -0.15) is 0 Å². The summed E-state index contributed by atoms with van der Waals surface area (Å²) in [5.41, 5.74) is 6.61. The van der Waals surface area contributed by atoms with Gasteiger partial charge in [0.25, 0.3) is 0 Å². The first-order valence-corrected chi connectivity index (χ1v) is 8.40. The van der Waals surface area contributed by atoms with Gasteiger partial charge < -0.3 is 10.6 Å². The van der Waals surface area contributed by atoms with Gasteiger partial charge in [-0.1, -0.05) is 11.6 Å². The number of aromatic nitrogens is 3. The van der Waals surface area contributed by atoms with Crippen molar-refractivity contribution in [2.45, 2.75) is 51.2 Å². The van der Waals surface area contributed by atoms with Gasteiger partial charge in [-0.15, -0.1) is 5.10 Å². The highest BCUT2D eigenvalue weighted by atomic mass is 15.4. The van der Waals surface area contributed by atoms with E-state index in [0.29, 0.717) is 6.54 Å². The largest absolute Gasteiger partial charge is 0.329 e. The average Bonchev–Trinajstić information content (AvgIpc) is 2.97. The van der Waals surface area contributed by atoms with Crippen LogP contribution in [0.4, 0.5) is 0 Å². The Hall–Kier alpha value is -0.980. The molecular weight excluding hydrogens is 264 g/mol. The summed E-state index contributed by atoms with van der Waals surface area (Å²) in [5, 5.41) is 8.35. The Morgan fingerprint density at radius 1 is 1.10 bits per heavy atom. The first kappa shape index (κ1) is 14.9. The molecule has 2 aliphatic heterocycles. The summed E-state index contributed by atoms with van der Waals surface area (Å²) >= 11 is 0. The maximum atomic E-state index is 5.54. The zero-order chi connectivity index (χ0) is 14.5. The van der Waals surface area contributed by atoms with Crippen molar-refractivity contribution >= 4 is 0 Å². The molecule has 1 aromatic heterocycles. The molecule has 2 saturated heterocycles. The van der Waals surface area contributed by atoms with E-state index in [9.17, 15) is 0 Å². The van der Waals surface area contributed by atoms with E-state index in [1.165, 1.54) is 58.3 Å². The number of rotatable bonds is 5. The Balaban J connectivity index is 1.44. The second-order valence-electron chi connectivity index (χ2n) is 6.37. The maximum Gasteiger partial charge on any atom is 0.0967 e. The van der Waals surface area contributed by atoms with E-state index in [-0.39, 0.29) is 0 Å². The highest BCUT2D eigenvalue weighted by Crippen LogP contribution is 2.21. The van der Waals surface area contributed by atoms with Gasteiger partial charge in [0.1, 0.15) is 0 Å². The number of hydrogen-bond donors (Lipinski definition) is 1. The Morgan fingerprint density at radius 3 is 2.57 bits per heavy atom. The third kappa shape index (κ3) is 4.02. The van der Waals surface area contributed by atoms with E-state index in [4.69, 9.17) is 5.73 Å². The van der Waals surface area contributed by atoms with E-state index < -0.39 is 0 Å². The van der Waals surface area contributed by atoms with Gasteiger partial charge in [0.05, 0.1) is 12.2 Å². The zero-order valence-corrected chi connectivity index (χ0v) is 13.0. The lowest BCUT2D eigenvalue weighted by atomic mass is 10.00. The maximum absolute atomic E-state index is 5.54. The fourth-order valence-electron chi connectivity index (χ4n) is 3.61. The molecule has 6 nitrogen and oxygen atoms in total. The number of nitrogens with zero attached hydrogens (tertiary/aromatic N) is 5. The standard InChI is InChI=1S/C15H28N6/c16-6-11-21-13-14(17-18-21)12-19-9-4-15(5-10-19)20-7-2-1-3-8-20/h13,15H,1-12,16H2. The predicted molar refractivity (Wildman–Crippen MR) is 82.8 cm³/mol. The summed E-state index contributed by atoms with van der Waals surface area (Å²) in [6.07, 6.45) is 8.85. The van der Waals surface area contributed by atoms with Crippen molar-refractivity contribution in [1.29, 1.82) is 0 Å². The van der Waals surface area contributed by atoms with Crippen molar-refractivity contribution in [3.05, 3.63) is 11.9 Å². The lowest BCUT2D eigenvalue weighted by molar-refractivity contribution is 0.0891. The molecule has 0 unspecified atom stereocenters. The molecule has 0 aromatic carbocycles. The number of likely N-dealkylation sites (tertiary alicyclic amines) is 2. The second kappa shape index (κ2) is 7.33. The molecule has 0 saturated carbocycles. The first-order valence-electron chi connectivity index (χ1n) is 8.40. The molecule has 118 valence electrons. The summed E-state index contributed by atoms with van der Waals surface area (Å²) in [5.74, 6) is 0. The summed E-state index contributed by atoms with van der Waals surface area (Å²) in [4.78, 5) is 5.23. The van der Waals surface area contributed by atoms with E-state index in [0.717, 1.165) is 24.8 Å². The topological polar surface area (TPSA) is 63.2 Å². The SMILES string of the molecule is NCCn1cc(CN2CCC(N3CCCCC3)CC2)nn1. The van der Waals surface area contributed by atoms with Crippen LogP contribution in [0, 0.1) is 0 Å². The Morgan fingerprint density at radius 2 is 1.86 bits per heavy atom. The quantitative estimate of drug-likeness (QED) is 0.865. The lowest BCUT2D eigenvalue weighted by Crippen LogP contribution is -2.46. The minimum Gasteiger partial charge on any atom is -0.329 e. The van der Waals surface area contributed by atoms with Crippen molar-refractivity contribution in [3.63, 3.8) is 0 Å². The highest BCUT2D eigenvalue weighted by Gasteiger charge is 2.25. The highest BCUT2D eigenvalue weighted by molar-refractivity contribution is 4.93. The minimum absolute atomic E-state index is 0.615. The van der Waals surface area contributed by atoms with Crippen LogP contribution in [0.15, 0.2) is 6.20 Å². The van der Waals surface area contributed by atoms with Crippen LogP contribution < -0.4 is 5.73 Å². The Kier molecular flexibility index (Phi) is 5.22. The van der Waals surface area contributed by atoms with Crippen LogP contribution in [0.3, 0.4) is 0 Å². The molecule has 0 spiro atoms. The molecule has 2 aliphatic rings. The number of nitrogens with two attached hydrogens (primary N) is 1. The van der Waals surface area contributed by atoms with E-state index in [1.807, 2.05) is 10.9 Å². The first-order chi connectivity index (χ1) is 10.3. The minimum atomic E-state index is 0.615.